The Bertz CT molecular complexity index is 310. The highest BCUT2D eigenvalue weighted by Crippen LogP contribution is 2.08. The number of benzene rings is 1. The molecule has 14 heavy (non-hydrogen) atoms. The fourth-order valence-electron chi connectivity index (χ4n) is 1.26. The standard InChI is InChI=1S/C10H12ClNO2/c1-12(7-10(13)14)6-8-2-4-9(11)5-3-8/h2-5H,6-7H2,1H3,(H,13,14). The van der Waals surface area contributed by atoms with Gasteiger partial charge in [0.2, 0.25) is 0 Å². The molecule has 76 valence electrons. The first-order valence-electron chi connectivity index (χ1n) is 4.33. The van der Waals surface area contributed by atoms with Crippen LogP contribution in [0.25, 0.3) is 0 Å². The molecule has 0 saturated heterocycles. The van der Waals surface area contributed by atoms with Gasteiger partial charge in [0.15, 0.2) is 0 Å². The molecule has 0 aromatic heterocycles. The molecule has 0 radical (unpaired) electrons. The maximum atomic E-state index is 10.3. The van der Waals surface area contributed by atoms with Crippen molar-refractivity contribution >= 4 is 17.6 Å². The van der Waals surface area contributed by atoms with Gasteiger partial charge in [-0.25, -0.2) is 0 Å². The molecule has 0 fully saturated rings. The Morgan fingerprint density at radius 3 is 2.50 bits per heavy atom. The number of hydrogen-bond donors (Lipinski definition) is 1. The van der Waals surface area contributed by atoms with E-state index in [4.69, 9.17) is 11.6 Å². The van der Waals surface area contributed by atoms with Crippen molar-refractivity contribution in [3.8, 4) is 0 Å². The number of aliphatic carboxylic acids is 1. The van der Waals surface area contributed by atoms with Crippen LogP contribution in [0, 0.1) is 0 Å². The Hall–Kier alpha value is -1.06. The largest absolute Gasteiger partial charge is 0.544 e. The number of carbonyl (C=O) groups excluding carboxylic acids is 1. The predicted molar refractivity (Wildman–Crippen MR) is 51.9 cm³/mol. The smallest absolute Gasteiger partial charge is 0.117 e. The van der Waals surface area contributed by atoms with E-state index in [1.165, 1.54) is 0 Å². The van der Waals surface area contributed by atoms with E-state index in [9.17, 15) is 9.90 Å². The number of carboxylic acids is 1. The van der Waals surface area contributed by atoms with Gasteiger partial charge in [-0.1, -0.05) is 23.7 Å². The third-order valence-electron chi connectivity index (χ3n) is 1.87. The average Bonchev–Trinajstić information content (AvgIpc) is 2.07. The van der Waals surface area contributed by atoms with Crippen molar-refractivity contribution in [2.24, 2.45) is 0 Å². The highest BCUT2D eigenvalue weighted by Gasteiger charge is 2.03. The Labute approximate surface area is 87.9 Å². The van der Waals surface area contributed by atoms with Crippen LogP contribution in [0.15, 0.2) is 24.3 Å². The minimum atomic E-state index is -1.03. The minimum Gasteiger partial charge on any atom is -0.544 e. The molecule has 3 nitrogen and oxygen atoms in total. The lowest BCUT2D eigenvalue weighted by Crippen LogP contribution is -3.09. The van der Waals surface area contributed by atoms with Gasteiger partial charge in [-0.15, -0.1) is 0 Å². The molecule has 1 aromatic carbocycles. The zero-order valence-electron chi connectivity index (χ0n) is 7.92. The summed E-state index contributed by atoms with van der Waals surface area (Å²) >= 11 is 5.72. The van der Waals surface area contributed by atoms with Gasteiger partial charge in [-0.2, -0.15) is 0 Å². The fraction of sp³-hybridized carbons (Fsp3) is 0.300. The second-order valence-corrected chi connectivity index (χ2v) is 3.75. The molecular weight excluding hydrogens is 202 g/mol. The van der Waals surface area contributed by atoms with Crippen molar-refractivity contribution in [3.05, 3.63) is 34.9 Å². The number of hydrogen-bond acceptors (Lipinski definition) is 2. The number of nitrogens with one attached hydrogen (secondary N) is 1. The van der Waals surface area contributed by atoms with Gasteiger partial charge in [0.25, 0.3) is 0 Å². The molecule has 1 unspecified atom stereocenters. The molecule has 0 aliphatic rings. The van der Waals surface area contributed by atoms with Crippen LogP contribution in [0.3, 0.4) is 0 Å². The van der Waals surface area contributed by atoms with Gasteiger partial charge >= 0.3 is 0 Å². The fourth-order valence-corrected chi connectivity index (χ4v) is 1.39. The zero-order valence-corrected chi connectivity index (χ0v) is 8.67. The summed E-state index contributed by atoms with van der Waals surface area (Å²) in [6.45, 7) is 0.674. The highest BCUT2D eigenvalue weighted by molar-refractivity contribution is 6.30. The molecule has 1 aromatic rings. The van der Waals surface area contributed by atoms with Crippen LogP contribution >= 0.6 is 11.6 Å². The molecule has 4 heteroatoms. The molecule has 0 aliphatic heterocycles. The number of likely N-dealkylation sites (N-methyl/N-ethyl adjacent to an activating group) is 1. The summed E-state index contributed by atoms with van der Waals surface area (Å²) in [7, 11) is 1.81. The van der Waals surface area contributed by atoms with Gasteiger partial charge in [0, 0.05) is 10.6 Å². The van der Waals surface area contributed by atoms with E-state index >= 15 is 0 Å². The first-order valence-corrected chi connectivity index (χ1v) is 4.71. The monoisotopic (exact) mass is 213 g/mol. The van der Waals surface area contributed by atoms with Gasteiger partial charge in [-0.05, 0) is 12.1 Å². The number of quaternary nitrogens is 1. The molecule has 0 amide bonds. The van der Waals surface area contributed by atoms with Gasteiger partial charge in [-0.3, -0.25) is 0 Å². The molecule has 1 atom stereocenters. The zero-order chi connectivity index (χ0) is 10.6. The van der Waals surface area contributed by atoms with Crippen LogP contribution in [0.1, 0.15) is 5.56 Å². The van der Waals surface area contributed by atoms with Crippen LogP contribution in [-0.4, -0.2) is 19.6 Å². The molecule has 0 saturated carbocycles. The highest BCUT2D eigenvalue weighted by atomic mass is 35.5. The van der Waals surface area contributed by atoms with E-state index < -0.39 is 5.97 Å². The Morgan fingerprint density at radius 1 is 1.43 bits per heavy atom. The molecular formula is C10H12ClNO2. The summed E-state index contributed by atoms with van der Waals surface area (Å²) in [6.07, 6.45) is 0. The maximum Gasteiger partial charge on any atom is 0.117 e. The normalized spacial score (nSPS) is 12.4. The molecule has 0 bridgehead atoms. The lowest BCUT2D eigenvalue weighted by atomic mass is 10.2. The number of carboxylic acid groups (broad SMARTS) is 1. The predicted octanol–water partition coefficient (Wildman–Crippen LogP) is -0.895. The van der Waals surface area contributed by atoms with Crippen molar-refractivity contribution in [1.82, 2.24) is 0 Å². The average molecular weight is 214 g/mol. The lowest BCUT2D eigenvalue weighted by molar-refractivity contribution is -0.887. The first kappa shape index (κ1) is 11.0. The van der Waals surface area contributed by atoms with E-state index in [1.807, 2.05) is 19.2 Å². The van der Waals surface area contributed by atoms with Crippen LogP contribution < -0.4 is 10.0 Å². The van der Waals surface area contributed by atoms with E-state index in [0.29, 0.717) is 11.6 Å². The van der Waals surface area contributed by atoms with Crippen LogP contribution in [-0.2, 0) is 11.3 Å². The quantitative estimate of drug-likeness (QED) is 0.705. The van der Waals surface area contributed by atoms with E-state index in [2.05, 4.69) is 0 Å². The summed E-state index contributed by atoms with van der Waals surface area (Å²) in [6, 6.07) is 7.37. The summed E-state index contributed by atoms with van der Waals surface area (Å²) in [5.41, 5.74) is 1.06. The Kier molecular flexibility index (Phi) is 3.92. The Morgan fingerprint density at radius 2 is 2.00 bits per heavy atom. The maximum absolute atomic E-state index is 10.3. The number of carbonyl (C=O) groups is 1. The number of rotatable bonds is 4. The Balaban J connectivity index is 2.51. The van der Waals surface area contributed by atoms with Gasteiger partial charge in [0.1, 0.15) is 13.1 Å². The minimum absolute atomic E-state index is 0.0165. The molecule has 0 aliphatic carbocycles. The van der Waals surface area contributed by atoms with Crippen molar-refractivity contribution in [2.75, 3.05) is 13.6 Å². The molecule has 0 spiro atoms. The topological polar surface area (TPSA) is 44.6 Å². The third kappa shape index (κ3) is 3.77. The van der Waals surface area contributed by atoms with Crippen molar-refractivity contribution < 1.29 is 14.8 Å². The van der Waals surface area contributed by atoms with Crippen molar-refractivity contribution in [1.29, 1.82) is 0 Å². The van der Waals surface area contributed by atoms with Crippen molar-refractivity contribution in [2.45, 2.75) is 6.54 Å². The van der Waals surface area contributed by atoms with E-state index in [1.54, 1.807) is 12.1 Å². The summed E-state index contributed by atoms with van der Waals surface area (Å²) in [4.78, 5) is 11.2. The lowest BCUT2D eigenvalue weighted by Gasteiger charge is -2.14. The summed E-state index contributed by atoms with van der Waals surface area (Å²) in [5.74, 6) is -1.03. The summed E-state index contributed by atoms with van der Waals surface area (Å²) in [5, 5.41) is 11.0. The molecule has 1 N–H and O–H groups in total. The summed E-state index contributed by atoms with van der Waals surface area (Å²) < 4.78 is 0. The second kappa shape index (κ2) is 4.98. The van der Waals surface area contributed by atoms with Crippen LogP contribution in [0.4, 0.5) is 0 Å². The van der Waals surface area contributed by atoms with Gasteiger partial charge < -0.3 is 14.8 Å². The van der Waals surface area contributed by atoms with Crippen molar-refractivity contribution in [3.63, 3.8) is 0 Å². The third-order valence-corrected chi connectivity index (χ3v) is 2.12. The molecule has 0 heterocycles. The first-order chi connectivity index (χ1) is 6.58. The van der Waals surface area contributed by atoms with Crippen LogP contribution in [0.2, 0.25) is 5.02 Å². The molecule has 1 rings (SSSR count). The number of halogens is 1. The van der Waals surface area contributed by atoms with E-state index in [0.717, 1.165) is 10.5 Å². The van der Waals surface area contributed by atoms with E-state index in [-0.39, 0.29) is 6.54 Å². The van der Waals surface area contributed by atoms with Crippen LogP contribution in [0.5, 0.6) is 0 Å². The van der Waals surface area contributed by atoms with Gasteiger partial charge in [0.05, 0.1) is 13.0 Å². The SMILES string of the molecule is C[NH+](CC(=O)[O-])Cc1ccc(Cl)cc1. The second-order valence-electron chi connectivity index (χ2n) is 3.31.